The van der Waals surface area contributed by atoms with Crippen LogP contribution in [-0.2, 0) is 23.8 Å². The van der Waals surface area contributed by atoms with Crippen molar-refractivity contribution in [1.29, 1.82) is 0 Å². The van der Waals surface area contributed by atoms with Gasteiger partial charge in [-0.05, 0) is 104 Å². The molecule has 41 heavy (non-hydrogen) atoms. The number of fused-ring (bicyclic) bond motifs is 5. The molecule has 0 heterocycles. The van der Waals surface area contributed by atoms with Gasteiger partial charge < -0.3 is 19.3 Å². The molecule has 1 aromatic rings. The Kier molecular flexibility index (Phi) is 8.58. The fraction of sp³-hybridized carbons (Fsp3) is 0.735. The minimum Gasteiger partial charge on any atom is -0.469 e. The van der Waals surface area contributed by atoms with E-state index in [0.717, 1.165) is 51.4 Å². The summed E-state index contributed by atoms with van der Waals surface area (Å²) >= 11 is 0. The van der Waals surface area contributed by atoms with Crippen LogP contribution in [0.25, 0.3) is 0 Å². The Bertz CT molecular complexity index is 1120. The van der Waals surface area contributed by atoms with Crippen molar-refractivity contribution >= 4 is 17.9 Å². The number of aliphatic hydroxyl groups is 1. The van der Waals surface area contributed by atoms with Crippen LogP contribution in [0.5, 0.6) is 0 Å². The molecule has 1 aromatic carbocycles. The lowest BCUT2D eigenvalue weighted by atomic mass is 9.43. The Morgan fingerprint density at radius 2 is 1.73 bits per heavy atom. The van der Waals surface area contributed by atoms with Gasteiger partial charge in [-0.1, -0.05) is 39.0 Å². The van der Waals surface area contributed by atoms with Gasteiger partial charge in [-0.25, -0.2) is 4.79 Å². The minimum atomic E-state index is -0.437. The van der Waals surface area contributed by atoms with Crippen molar-refractivity contribution in [3.8, 4) is 0 Å². The number of hydrogen-bond acceptors (Lipinski definition) is 7. The van der Waals surface area contributed by atoms with E-state index in [1.165, 1.54) is 14.0 Å². The zero-order valence-corrected chi connectivity index (χ0v) is 25.3. The quantitative estimate of drug-likeness (QED) is 0.319. The summed E-state index contributed by atoms with van der Waals surface area (Å²) in [6.07, 6.45) is 6.25. The summed E-state index contributed by atoms with van der Waals surface area (Å²) in [6, 6.07) is 9.21. The highest BCUT2D eigenvalue weighted by molar-refractivity contribution is 5.89. The first kappa shape index (κ1) is 30.1. The van der Waals surface area contributed by atoms with Crippen LogP contribution in [0.4, 0.5) is 0 Å². The molecule has 11 atom stereocenters. The zero-order valence-electron chi connectivity index (χ0n) is 25.3. The molecule has 0 spiro atoms. The summed E-state index contributed by atoms with van der Waals surface area (Å²) in [4.78, 5) is 37.2. The molecule has 0 unspecified atom stereocenters. The molecule has 0 radical (unpaired) electrons. The summed E-state index contributed by atoms with van der Waals surface area (Å²) in [6.45, 7) is 8.35. The Morgan fingerprint density at radius 3 is 2.41 bits per heavy atom. The summed E-state index contributed by atoms with van der Waals surface area (Å²) < 4.78 is 17.1. The van der Waals surface area contributed by atoms with Crippen molar-refractivity contribution in [3.63, 3.8) is 0 Å². The Labute approximate surface area is 244 Å². The molecule has 4 saturated carbocycles. The largest absolute Gasteiger partial charge is 0.469 e. The van der Waals surface area contributed by atoms with Gasteiger partial charge in [0.05, 0.1) is 18.8 Å². The summed E-state index contributed by atoms with van der Waals surface area (Å²) in [5.41, 5.74) is 0.228. The van der Waals surface area contributed by atoms with Crippen LogP contribution >= 0.6 is 0 Å². The number of methoxy groups -OCH3 is 1. The van der Waals surface area contributed by atoms with Crippen LogP contribution in [-0.4, -0.2) is 48.4 Å². The molecule has 226 valence electrons. The molecule has 0 saturated heterocycles. The third-order valence-electron chi connectivity index (χ3n) is 12.1. The lowest BCUT2D eigenvalue weighted by Crippen LogP contribution is -2.63. The number of carbonyl (C=O) groups excluding carboxylic acids is 3. The summed E-state index contributed by atoms with van der Waals surface area (Å²) in [5.74, 6) is 0.610. The first-order valence-electron chi connectivity index (χ1n) is 15.7. The van der Waals surface area contributed by atoms with Gasteiger partial charge >= 0.3 is 17.9 Å². The maximum absolute atomic E-state index is 13.5. The highest BCUT2D eigenvalue weighted by Crippen LogP contribution is 2.69. The molecule has 4 aliphatic rings. The third kappa shape index (κ3) is 5.44. The molecular formula is C34H48O7. The molecule has 0 amide bonds. The van der Waals surface area contributed by atoms with E-state index in [2.05, 4.69) is 20.8 Å². The lowest BCUT2D eigenvalue weighted by Gasteiger charge is -2.64. The normalized spacial score (nSPS) is 40.3. The lowest BCUT2D eigenvalue weighted by molar-refractivity contribution is -0.209. The summed E-state index contributed by atoms with van der Waals surface area (Å²) in [7, 11) is 1.43. The van der Waals surface area contributed by atoms with E-state index in [9.17, 15) is 19.5 Å². The van der Waals surface area contributed by atoms with Crippen LogP contribution in [0.15, 0.2) is 30.3 Å². The van der Waals surface area contributed by atoms with E-state index in [1.807, 2.05) is 18.2 Å². The highest BCUT2D eigenvalue weighted by atomic mass is 16.5. The van der Waals surface area contributed by atoms with E-state index in [4.69, 9.17) is 14.2 Å². The average Bonchev–Trinajstić information content (AvgIpc) is 3.31. The molecule has 4 fully saturated rings. The number of carbonyl (C=O) groups is 3. The van der Waals surface area contributed by atoms with Crippen LogP contribution < -0.4 is 0 Å². The van der Waals surface area contributed by atoms with Gasteiger partial charge in [0.2, 0.25) is 0 Å². The molecule has 7 nitrogen and oxygen atoms in total. The van der Waals surface area contributed by atoms with Gasteiger partial charge in [-0.3, -0.25) is 9.59 Å². The van der Waals surface area contributed by atoms with E-state index in [1.54, 1.807) is 12.1 Å². The third-order valence-corrected chi connectivity index (χ3v) is 12.1. The monoisotopic (exact) mass is 568 g/mol. The van der Waals surface area contributed by atoms with Gasteiger partial charge in [0.25, 0.3) is 0 Å². The predicted octanol–water partition coefficient (Wildman–Crippen LogP) is 5.97. The van der Waals surface area contributed by atoms with Crippen molar-refractivity contribution in [2.75, 3.05) is 7.11 Å². The Hall–Kier alpha value is -2.41. The van der Waals surface area contributed by atoms with Crippen LogP contribution in [0.2, 0.25) is 0 Å². The van der Waals surface area contributed by atoms with Crippen LogP contribution in [0.3, 0.4) is 0 Å². The van der Waals surface area contributed by atoms with Gasteiger partial charge in [-0.15, -0.1) is 0 Å². The van der Waals surface area contributed by atoms with Crippen molar-refractivity contribution in [2.45, 2.75) is 104 Å². The van der Waals surface area contributed by atoms with Crippen molar-refractivity contribution in [3.05, 3.63) is 35.9 Å². The van der Waals surface area contributed by atoms with Gasteiger partial charge in [-0.2, -0.15) is 0 Å². The molecule has 0 aliphatic heterocycles. The smallest absolute Gasteiger partial charge is 0.338 e. The SMILES string of the molecule is COC(=O)CC[C@@H](C)[C@H]1CC[C@H]2[C@@H]3[C@H](O)C[C@@H]4C[C@H](OC(C)=O)CC[C@]4(C)[C@H]3C[C@H](OC(=O)c3ccccc3)[C@]12C. The molecule has 0 bridgehead atoms. The van der Waals surface area contributed by atoms with Gasteiger partial charge in [0, 0.05) is 18.8 Å². The van der Waals surface area contributed by atoms with E-state index in [-0.39, 0.29) is 76.5 Å². The number of esters is 3. The molecule has 5 rings (SSSR count). The van der Waals surface area contributed by atoms with E-state index >= 15 is 0 Å². The maximum atomic E-state index is 13.5. The molecule has 0 aromatic heterocycles. The number of ether oxygens (including phenoxy) is 3. The molecule has 4 aliphatic carbocycles. The first-order valence-corrected chi connectivity index (χ1v) is 15.7. The van der Waals surface area contributed by atoms with E-state index < -0.39 is 6.10 Å². The maximum Gasteiger partial charge on any atom is 0.338 e. The Morgan fingerprint density at radius 1 is 1.00 bits per heavy atom. The standard InChI is InChI=1S/C34H48O7/c1-20(11-14-30(37)39-5)25-12-13-26-31-27(19-29(34(25,26)4)41-32(38)22-9-7-6-8-10-22)33(3)16-15-24(40-21(2)35)17-23(33)18-28(31)36/h6-10,20,23-29,31,36H,11-19H2,1-5H3/t20-,23+,24-,25-,26+,27+,28-,29+,31+,33+,34-/m1/s1. The minimum absolute atomic E-state index is 0.0200. The predicted molar refractivity (Wildman–Crippen MR) is 154 cm³/mol. The van der Waals surface area contributed by atoms with Crippen molar-refractivity contribution in [2.24, 2.45) is 46.3 Å². The van der Waals surface area contributed by atoms with Gasteiger partial charge in [0.15, 0.2) is 0 Å². The second kappa shape index (κ2) is 11.7. The fourth-order valence-corrected chi connectivity index (χ4v) is 10.0. The number of benzene rings is 1. The first-order chi connectivity index (χ1) is 19.5. The Balaban J connectivity index is 1.47. The van der Waals surface area contributed by atoms with Crippen LogP contribution in [0.1, 0.15) is 95.8 Å². The van der Waals surface area contributed by atoms with Crippen molar-refractivity contribution < 1.29 is 33.7 Å². The average molecular weight is 569 g/mol. The number of hydrogen-bond donors (Lipinski definition) is 1. The second-order valence-electron chi connectivity index (χ2n) is 13.9. The molecule has 7 heteroatoms. The van der Waals surface area contributed by atoms with Crippen LogP contribution in [0, 0.1) is 46.3 Å². The zero-order chi connectivity index (χ0) is 29.5. The fourth-order valence-electron chi connectivity index (χ4n) is 10.0. The molecular weight excluding hydrogens is 520 g/mol. The molecule has 1 N–H and O–H groups in total. The van der Waals surface area contributed by atoms with Gasteiger partial charge in [0.1, 0.15) is 12.2 Å². The van der Waals surface area contributed by atoms with Crippen molar-refractivity contribution in [1.82, 2.24) is 0 Å². The summed E-state index contributed by atoms with van der Waals surface area (Å²) in [5, 5.41) is 11.8. The number of rotatable bonds is 7. The topological polar surface area (TPSA) is 99.1 Å². The van der Waals surface area contributed by atoms with E-state index in [0.29, 0.717) is 12.0 Å². The number of aliphatic hydroxyl groups excluding tert-OH is 1. The second-order valence-corrected chi connectivity index (χ2v) is 13.9. The highest BCUT2D eigenvalue weighted by Gasteiger charge is 2.67.